The van der Waals surface area contributed by atoms with Gasteiger partial charge >= 0.3 is 0 Å². The van der Waals surface area contributed by atoms with Crippen molar-refractivity contribution in [1.29, 1.82) is 0 Å². The number of sulfonamides is 1. The summed E-state index contributed by atoms with van der Waals surface area (Å²) in [5, 5.41) is 0. The molecule has 25 heavy (non-hydrogen) atoms. The third kappa shape index (κ3) is 3.58. The highest BCUT2D eigenvalue weighted by Gasteiger charge is 2.31. The summed E-state index contributed by atoms with van der Waals surface area (Å²) in [5.41, 5.74) is 3.31. The van der Waals surface area contributed by atoms with Crippen LogP contribution in [0.4, 0.5) is 0 Å². The van der Waals surface area contributed by atoms with Crippen molar-refractivity contribution >= 4 is 10.0 Å². The van der Waals surface area contributed by atoms with E-state index in [9.17, 15) is 8.42 Å². The van der Waals surface area contributed by atoms with E-state index in [1.165, 1.54) is 5.56 Å². The molecule has 0 spiro atoms. The number of benzene rings is 2. The van der Waals surface area contributed by atoms with E-state index in [1.54, 1.807) is 16.4 Å². The molecule has 0 aromatic heterocycles. The molecule has 1 aliphatic rings. The Kier molecular flexibility index (Phi) is 5.16. The largest absolute Gasteiger partial charge is 0.492 e. The van der Waals surface area contributed by atoms with Crippen LogP contribution in [0.2, 0.25) is 0 Å². The van der Waals surface area contributed by atoms with Crippen molar-refractivity contribution in [3.63, 3.8) is 0 Å². The van der Waals surface area contributed by atoms with Gasteiger partial charge in [-0.1, -0.05) is 44.2 Å². The van der Waals surface area contributed by atoms with E-state index in [0.29, 0.717) is 25.4 Å². The minimum atomic E-state index is -3.61. The lowest BCUT2D eigenvalue weighted by atomic mass is 10.0. The third-order valence-electron chi connectivity index (χ3n) is 4.65. The molecular weight excluding hydrogens is 334 g/mol. The van der Waals surface area contributed by atoms with Crippen molar-refractivity contribution in [2.24, 2.45) is 0 Å². The van der Waals surface area contributed by atoms with Gasteiger partial charge in [-0.15, -0.1) is 0 Å². The van der Waals surface area contributed by atoms with Gasteiger partial charge in [0.1, 0.15) is 10.6 Å². The van der Waals surface area contributed by atoms with Gasteiger partial charge in [0.2, 0.25) is 10.0 Å². The molecular formula is C20H25NO3S. The van der Waals surface area contributed by atoms with Gasteiger partial charge in [-0.2, -0.15) is 4.31 Å². The van der Waals surface area contributed by atoms with Crippen LogP contribution in [0.5, 0.6) is 5.75 Å². The van der Waals surface area contributed by atoms with E-state index >= 15 is 0 Å². The second-order valence-electron chi connectivity index (χ2n) is 6.65. The SMILES string of the molecule is CCOc1ccc(C(C)C)cc1S(=O)(=O)N1CCc2ccccc2C1. The highest BCUT2D eigenvalue weighted by Crippen LogP contribution is 2.32. The molecule has 134 valence electrons. The molecule has 5 heteroatoms. The minimum absolute atomic E-state index is 0.256. The molecule has 0 radical (unpaired) electrons. The van der Waals surface area contributed by atoms with E-state index in [1.807, 2.05) is 31.2 Å². The summed E-state index contributed by atoms with van der Waals surface area (Å²) in [7, 11) is -3.61. The molecule has 1 heterocycles. The van der Waals surface area contributed by atoms with Gasteiger partial charge in [-0.25, -0.2) is 8.42 Å². The van der Waals surface area contributed by atoms with Crippen LogP contribution in [-0.4, -0.2) is 25.9 Å². The van der Waals surface area contributed by atoms with Gasteiger partial charge < -0.3 is 4.74 Å². The number of nitrogens with zero attached hydrogens (tertiary/aromatic N) is 1. The summed E-state index contributed by atoms with van der Waals surface area (Å²) < 4.78 is 33.8. The van der Waals surface area contributed by atoms with Gasteiger partial charge in [-0.05, 0) is 48.1 Å². The van der Waals surface area contributed by atoms with Crippen molar-refractivity contribution in [1.82, 2.24) is 4.31 Å². The number of rotatable bonds is 5. The highest BCUT2D eigenvalue weighted by molar-refractivity contribution is 7.89. The maximum atomic E-state index is 13.3. The van der Waals surface area contributed by atoms with Gasteiger partial charge in [0.25, 0.3) is 0 Å². The van der Waals surface area contributed by atoms with Crippen LogP contribution >= 0.6 is 0 Å². The minimum Gasteiger partial charge on any atom is -0.492 e. The fourth-order valence-corrected chi connectivity index (χ4v) is 4.76. The highest BCUT2D eigenvalue weighted by atomic mass is 32.2. The van der Waals surface area contributed by atoms with Crippen LogP contribution in [-0.2, 0) is 23.0 Å². The first-order valence-corrected chi connectivity index (χ1v) is 10.2. The lowest BCUT2D eigenvalue weighted by Gasteiger charge is -2.29. The van der Waals surface area contributed by atoms with Crippen LogP contribution in [0.3, 0.4) is 0 Å². The lowest BCUT2D eigenvalue weighted by molar-refractivity contribution is 0.327. The first kappa shape index (κ1) is 18.0. The zero-order valence-corrected chi connectivity index (χ0v) is 15.8. The molecule has 0 aliphatic carbocycles. The van der Waals surface area contributed by atoms with Crippen molar-refractivity contribution in [2.75, 3.05) is 13.2 Å². The van der Waals surface area contributed by atoms with E-state index in [0.717, 1.165) is 17.5 Å². The Morgan fingerprint density at radius 3 is 2.52 bits per heavy atom. The Bertz CT molecular complexity index is 859. The van der Waals surface area contributed by atoms with Crippen molar-refractivity contribution in [3.05, 3.63) is 59.2 Å². The van der Waals surface area contributed by atoms with Crippen LogP contribution < -0.4 is 4.74 Å². The van der Waals surface area contributed by atoms with E-state index in [2.05, 4.69) is 19.9 Å². The van der Waals surface area contributed by atoms with Gasteiger partial charge in [0.15, 0.2) is 0 Å². The number of hydrogen-bond donors (Lipinski definition) is 0. The molecule has 0 amide bonds. The zero-order chi connectivity index (χ0) is 18.0. The second-order valence-corrected chi connectivity index (χ2v) is 8.56. The molecule has 2 aromatic rings. The lowest BCUT2D eigenvalue weighted by Crippen LogP contribution is -2.36. The Labute approximate surface area is 150 Å². The maximum absolute atomic E-state index is 13.3. The van der Waals surface area contributed by atoms with E-state index in [-0.39, 0.29) is 10.8 Å². The molecule has 2 aromatic carbocycles. The van der Waals surface area contributed by atoms with E-state index in [4.69, 9.17) is 4.74 Å². The fourth-order valence-electron chi connectivity index (χ4n) is 3.17. The van der Waals surface area contributed by atoms with Crippen molar-refractivity contribution in [3.8, 4) is 5.75 Å². The average Bonchev–Trinajstić information content (AvgIpc) is 2.61. The zero-order valence-electron chi connectivity index (χ0n) is 15.0. The molecule has 4 nitrogen and oxygen atoms in total. The average molecular weight is 359 g/mol. The summed E-state index contributed by atoms with van der Waals surface area (Å²) in [6, 6.07) is 13.5. The van der Waals surface area contributed by atoms with Gasteiger partial charge in [0.05, 0.1) is 6.61 Å². The topological polar surface area (TPSA) is 46.6 Å². The smallest absolute Gasteiger partial charge is 0.247 e. The predicted molar refractivity (Wildman–Crippen MR) is 99.4 cm³/mol. The number of hydrogen-bond acceptors (Lipinski definition) is 3. The van der Waals surface area contributed by atoms with E-state index < -0.39 is 10.0 Å². The van der Waals surface area contributed by atoms with Gasteiger partial charge in [-0.3, -0.25) is 0 Å². The third-order valence-corrected chi connectivity index (χ3v) is 6.51. The summed E-state index contributed by atoms with van der Waals surface area (Å²) in [5.74, 6) is 0.692. The Hall–Kier alpha value is -1.85. The van der Waals surface area contributed by atoms with Crippen LogP contribution in [0, 0.1) is 0 Å². The second kappa shape index (κ2) is 7.18. The molecule has 0 fully saturated rings. The molecule has 0 atom stereocenters. The van der Waals surface area contributed by atoms with Crippen molar-refractivity contribution in [2.45, 2.75) is 44.6 Å². The predicted octanol–water partition coefficient (Wildman–Crippen LogP) is 3.96. The Morgan fingerprint density at radius 2 is 1.84 bits per heavy atom. The van der Waals surface area contributed by atoms with Gasteiger partial charge in [0, 0.05) is 13.1 Å². The van der Waals surface area contributed by atoms with Crippen LogP contribution in [0.1, 0.15) is 43.4 Å². The Morgan fingerprint density at radius 1 is 1.12 bits per heavy atom. The molecule has 0 N–H and O–H groups in total. The van der Waals surface area contributed by atoms with Crippen molar-refractivity contribution < 1.29 is 13.2 Å². The first-order valence-electron chi connectivity index (χ1n) is 8.77. The molecule has 0 saturated heterocycles. The Balaban J connectivity index is 2.01. The number of ether oxygens (including phenoxy) is 1. The maximum Gasteiger partial charge on any atom is 0.247 e. The summed E-state index contributed by atoms with van der Waals surface area (Å²) in [4.78, 5) is 0.278. The van der Waals surface area contributed by atoms with Crippen LogP contribution in [0.15, 0.2) is 47.4 Å². The molecule has 3 rings (SSSR count). The quantitative estimate of drug-likeness (QED) is 0.812. The normalized spacial score (nSPS) is 15.2. The molecule has 1 aliphatic heterocycles. The summed E-state index contributed by atoms with van der Waals surface area (Å²) in [6.45, 7) is 7.33. The summed E-state index contributed by atoms with van der Waals surface area (Å²) in [6.07, 6.45) is 0.739. The first-order chi connectivity index (χ1) is 11.9. The molecule has 0 unspecified atom stereocenters. The monoisotopic (exact) mass is 359 g/mol. The molecule has 0 saturated carbocycles. The summed E-state index contributed by atoms with van der Waals surface area (Å²) >= 11 is 0. The fraction of sp³-hybridized carbons (Fsp3) is 0.400. The standard InChI is InChI=1S/C20H25NO3S/c1-4-24-19-10-9-17(15(2)3)13-20(19)25(22,23)21-12-11-16-7-5-6-8-18(16)14-21/h5-10,13,15H,4,11-12,14H2,1-3H3. The molecule has 0 bridgehead atoms. The van der Waals surface area contributed by atoms with Crippen LogP contribution in [0.25, 0.3) is 0 Å². The number of fused-ring (bicyclic) bond motifs is 1.